The van der Waals surface area contributed by atoms with Crippen LogP contribution in [0.2, 0.25) is 0 Å². The second kappa shape index (κ2) is 9.76. The summed E-state index contributed by atoms with van der Waals surface area (Å²) in [5, 5.41) is 4.90. The van der Waals surface area contributed by atoms with Crippen molar-refractivity contribution in [1.29, 1.82) is 0 Å². The van der Waals surface area contributed by atoms with Crippen molar-refractivity contribution in [2.45, 2.75) is 44.4 Å². The normalized spacial score (nSPS) is 21.1. The Morgan fingerprint density at radius 2 is 2.00 bits per heavy atom. The smallest absolute Gasteiger partial charge is 0.253 e. The zero-order chi connectivity index (χ0) is 20.9. The monoisotopic (exact) mass is 431 g/mol. The van der Waals surface area contributed by atoms with Crippen LogP contribution in [0.4, 0.5) is 0 Å². The van der Waals surface area contributed by atoms with Crippen molar-refractivity contribution in [2.75, 3.05) is 33.4 Å². The first kappa shape index (κ1) is 21.1. The molecule has 0 spiro atoms. The van der Waals surface area contributed by atoms with Crippen LogP contribution in [-0.2, 0) is 16.0 Å². The highest BCUT2D eigenvalue weighted by atomic mass is 32.1. The van der Waals surface area contributed by atoms with Crippen molar-refractivity contribution in [2.24, 2.45) is 0 Å². The number of thiocarbonyl (C=S) groups is 1. The Balaban J connectivity index is 1.52. The number of fused-ring (bicyclic) bond motifs is 1. The first-order valence-electron chi connectivity index (χ1n) is 10.6. The van der Waals surface area contributed by atoms with Crippen LogP contribution in [0.5, 0.6) is 5.75 Å². The molecule has 0 saturated carbocycles. The SMILES string of the molecule is COc1ccc2[nH]c(=O)c(CN(C[C@@H]3CCCO3)C(=S)NC[C@H]3CCCO3)cc2c1. The van der Waals surface area contributed by atoms with Gasteiger partial charge in [0.25, 0.3) is 5.56 Å². The Kier molecular flexibility index (Phi) is 6.86. The molecule has 2 fully saturated rings. The highest BCUT2D eigenvalue weighted by Crippen LogP contribution is 2.20. The fraction of sp³-hybridized carbons (Fsp3) is 0.545. The minimum absolute atomic E-state index is 0.105. The molecule has 2 saturated heterocycles. The van der Waals surface area contributed by atoms with E-state index in [0.717, 1.165) is 55.5 Å². The van der Waals surface area contributed by atoms with E-state index in [1.165, 1.54) is 0 Å². The molecule has 0 radical (unpaired) electrons. The number of aromatic amines is 1. The summed E-state index contributed by atoms with van der Waals surface area (Å²) in [6, 6.07) is 7.54. The number of methoxy groups -OCH3 is 1. The van der Waals surface area contributed by atoms with Crippen molar-refractivity contribution < 1.29 is 14.2 Å². The number of hydrogen-bond acceptors (Lipinski definition) is 5. The van der Waals surface area contributed by atoms with Gasteiger partial charge in [0.05, 0.1) is 25.9 Å². The summed E-state index contributed by atoms with van der Waals surface area (Å²) in [7, 11) is 1.63. The molecule has 4 rings (SSSR count). The largest absolute Gasteiger partial charge is 0.497 e. The molecular formula is C22H29N3O4S. The predicted octanol–water partition coefficient (Wildman–Crippen LogP) is 2.57. The second-order valence-corrected chi connectivity index (χ2v) is 8.30. The maximum absolute atomic E-state index is 12.7. The van der Waals surface area contributed by atoms with Gasteiger partial charge in [-0.25, -0.2) is 0 Å². The van der Waals surface area contributed by atoms with Crippen LogP contribution in [0.1, 0.15) is 31.2 Å². The summed E-state index contributed by atoms with van der Waals surface area (Å²) in [6.45, 7) is 3.36. The lowest BCUT2D eigenvalue weighted by Crippen LogP contribution is -2.45. The van der Waals surface area contributed by atoms with Gasteiger partial charge in [-0.2, -0.15) is 0 Å². The van der Waals surface area contributed by atoms with E-state index in [0.29, 0.717) is 30.3 Å². The molecule has 3 heterocycles. The molecule has 2 N–H and O–H groups in total. The van der Waals surface area contributed by atoms with E-state index in [-0.39, 0.29) is 17.8 Å². The lowest BCUT2D eigenvalue weighted by atomic mass is 10.1. The van der Waals surface area contributed by atoms with Gasteiger partial charge >= 0.3 is 0 Å². The maximum Gasteiger partial charge on any atom is 0.253 e. The quantitative estimate of drug-likeness (QED) is 0.653. The summed E-state index contributed by atoms with van der Waals surface area (Å²) >= 11 is 5.69. The topological polar surface area (TPSA) is 75.8 Å². The molecule has 0 aliphatic carbocycles. The third-order valence-corrected chi connectivity index (χ3v) is 6.13. The average Bonchev–Trinajstić information content (AvgIpc) is 3.46. The van der Waals surface area contributed by atoms with Crippen LogP contribution in [0, 0.1) is 0 Å². The molecular weight excluding hydrogens is 402 g/mol. The standard InChI is InChI=1S/C22H29N3O4S/c1-27-17-6-7-20-15(11-17)10-16(21(26)24-20)13-25(14-19-5-3-9-29-19)22(30)23-12-18-4-2-8-28-18/h6-7,10-11,18-19H,2-5,8-9,12-14H2,1H3,(H,23,30)(H,24,26)/t18-,19+/m1/s1. The predicted molar refractivity (Wildman–Crippen MR) is 120 cm³/mol. The maximum atomic E-state index is 12.7. The Morgan fingerprint density at radius 1 is 1.23 bits per heavy atom. The summed E-state index contributed by atoms with van der Waals surface area (Å²) in [5.41, 5.74) is 1.34. The number of ether oxygens (including phenoxy) is 3. The molecule has 162 valence electrons. The van der Waals surface area contributed by atoms with Gasteiger partial charge < -0.3 is 29.4 Å². The molecule has 1 aromatic carbocycles. The van der Waals surface area contributed by atoms with Gasteiger partial charge in [0, 0.05) is 42.8 Å². The van der Waals surface area contributed by atoms with Crippen molar-refractivity contribution in [1.82, 2.24) is 15.2 Å². The van der Waals surface area contributed by atoms with E-state index in [1.54, 1.807) is 7.11 Å². The van der Waals surface area contributed by atoms with Crippen molar-refractivity contribution in [3.8, 4) is 5.75 Å². The van der Waals surface area contributed by atoms with E-state index < -0.39 is 0 Å². The molecule has 0 amide bonds. The van der Waals surface area contributed by atoms with Crippen molar-refractivity contribution in [3.05, 3.63) is 40.2 Å². The van der Waals surface area contributed by atoms with Gasteiger partial charge in [-0.1, -0.05) is 0 Å². The first-order chi connectivity index (χ1) is 14.6. The van der Waals surface area contributed by atoms with Gasteiger partial charge in [0.2, 0.25) is 0 Å². The van der Waals surface area contributed by atoms with Crippen molar-refractivity contribution >= 4 is 28.2 Å². The van der Waals surface area contributed by atoms with Crippen LogP contribution in [0.25, 0.3) is 10.9 Å². The number of hydrogen-bond donors (Lipinski definition) is 2. The minimum atomic E-state index is -0.105. The minimum Gasteiger partial charge on any atom is -0.497 e. The third-order valence-electron chi connectivity index (χ3n) is 5.73. The van der Waals surface area contributed by atoms with Gasteiger partial charge in [0.15, 0.2) is 5.11 Å². The summed E-state index contributed by atoms with van der Waals surface area (Å²) < 4.78 is 16.8. The van der Waals surface area contributed by atoms with Crippen LogP contribution < -0.4 is 15.6 Å². The van der Waals surface area contributed by atoms with E-state index in [1.807, 2.05) is 29.2 Å². The molecule has 0 bridgehead atoms. The van der Waals surface area contributed by atoms with Crippen LogP contribution in [-0.4, -0.2) is 60.6 Å². The number of rotatable bonds is 7. The molecule has 1 aromatic heterocycles. The van der Waals surface area contributed by atoms with Crippen LogP contribution in [0.15, 0.2) is 29.1 Å². The number of nitrogens with zero attached hydrogens (tertiary/aromatic N) is 1. The van der Waals surface area contributed by atoms with E-state index in [4.69, 9.17) is 26.4 Å². The zero-order valence-electron chi connectivity index (χ0n) is 17.3. The number of pyridine rings is 1. The lowest BCUT2D eigenvalue weighted by Gasteiger charge is -2.28. The van der Waals surface area contributed by atoms with E-state index in [2.05, 4.69) is 10.3 Å². The molecule has 0 unspecified atom stereocenters. The van der Waals surface area contributed by atoms with Crippen molar-refractivity contribution in [3.63, 3.8) is 0 Å². The van der Waals surface area contributed by atoms with Gasteiger partial charge in [-0.15, -0.1) is 0 Å². The number of benzene rings is 1. The highest BCUT2D eigenvalue weighted by molar-refractivity contribution is 7.80. The number of nitrogens with one attached hydrogen (secondary N) is 2. The Labute approximate surface area is 181 Å². The molecule has 7 nitrogen and oxygen atoms in total. The van der Waals surface area contributed by atoms with Gasteiger partial charge in [0.1, 0.15) is 5.75 Å². The molecule has 2 aliphatic heterocycles. The molecule has 2 aromatic rings. The number of aromatic nitrogens is 1. The fourth-order valence-corrected chi connectivity index (χ4v) is 4.27. The molecule has 30 heavy (non-hydrogen) atoms. The van der Waals surface area contributed by atoms with Gasteiger partial charge in [-0.3, -0.25) is 4.79 Å². The summed E-state index contributed by atoms with van der Waals surface area (Å²) in [5.74, 6) is 0.755. The Morgan fingerprint density at radius 3 is 2.70 bits per heavy atom. The van der Waals surface area contributed by atoms with E-state index in [9.17, 15) is 4.79 Å². The summed E-state index contributed by atoms with van der Waals surface area (Å²) in [6.07, 6.45) is 4.54. The molecule has 2 atom stereocenters. The summed E-state index contributed by atoms with van der Waals surface area (Å²) in [4.78, 5) is 17.7. The highest BCUT2D eigenvalue weighted by Gasteiger charge is 2.23. The molecule has 2 aliphatic rings. The Bertz CT molecular complexity index is 936. The van der Waals surface area contributed by atoms with Crippen LogP contribution in [0.3, 0.4) is 0 Å². The molecule has 8 heteroatoms. The second-order valence-electron chi connectivity index (χ2n) is 7.91. The third kappa shape index (κ3) is 5.11. The number of H-pyrrole nitrogens is 1. The van der Waals surface area contributed by atoms with Gasteiger partial charge in [-0.05, 0) is 62.2 Å². The lowest BCUT2D eigenvalue weighted by molar-refractivity contribution is 0.0885. The Hall–Kier alpha value is -2.16. The van der Waals surface area contributed by atoms with E-state index >= 15 is 0 Å². The first-order valence-corrected chi connectivity index (χ1v) is 11.0. The fourth-order valence-electron chi connectivity index (χ4n) is 4.05. The zero-order valence-corrected chi connectivity index (χ0v) is 18.1. The average molecular weight is 432 g/mol. The van der Waals surface area contributed by atoms with Crippen LogP contribution >= 0.6 is 12.2 Å².